The summed E-state index contributed by atoms with van der Waals surface area (Å²) in [5.41, 5.74) is 2.31. The predicted molar refractivity (Wildman–Crippen MR) is 76.0 cm³/mol. The number of aryl methyl sites for hydroxylation is 1. The lowest BCUT2D eigenvalue weighted by molar-refractivity contribution is 0.152. The third-order valence-electron chi connectivity index (χ3n) is 3.43. The first-order chi connectivity index (χ1) is 10.0. The van der Waals surface area contributed by atoms with Crippen molar-refractivity contribution in [2.45, 2.75) is 19.4 Å². The topological polar surface area (TPSA) is 33.4 Å². The number of aliphatic hydroxyl groups is 1. The molecule has 0 bridgehead atoms. The normalized spacial score (nSPS) is 12.8. The largest absolute Gasteiger partial charge is 0.458 e. The van der Waals surface area contributed by atoms with Crippen LogP contribution in [-0.2, 0) is 6.42 Å². The van der Waals surface area contributed by atoms with E-state index in [1.165, 1.54) is 6.07 Å². The first kappa shape index (κ1) is 13.8. The first-order valence-corrected chi connectivity index (χ1v) is 6.65. The van der Waals surface area contributed by atoms with E-state index in [1.54, 1.807) is 6.07 Å². The Labute approximate surface area is 120 Å². The van der Waals surface area contributed by atoms with Gasteiger partial charge >= 0.3 is 0 Å². The molecule has 0 aliphatic heterocycles. The molecule has 21 heavy (non-hydrogen) atoms. The summed E-state index contributed by atoms with van der Waals surface area (Å²) in [4.78, 5) is 0. The van der Waals surface area contributed by atoms with Gasteiger partial charge in [0.25, 0.3) is 0 Å². The van der Waals surface area contributed by atoms with Crippen LogP contribution in [-0.4, -0.2) is 5.11 Å². The Balaban J connectivity index is 1.85. The summed E-state index contributed by atoms with van der Waals surface area (Å²) in [6.45, 7) is 1.98. The molecule has 4 heteroatoms. The van der Waals surface area contributed by atoms with Gasteiger partial charge in [-0.15, -0.1) is 0 Å². The lowest BCUT2D eigenvalue weighted by Crippen LogP contribution is -2.01. The Hall–Kier alpha value is -2.20. The van der Waals surface area contributed by atoms with Gasteiger partial charge in [-0.2, -0.15) is 0 Å². The highest BCUT2D eigenvalue weighted by molar-refractivity contribution is 5.78. The number of benzene rings is 2. The maximum atomic E-state index is 13.2. The molecule has 0 amide bonds. The van der Waals surface area contributed by atoms with Gasteiger partial charge in [0.05, 0.1) is 0 Å². The smallest absolute Gasteiger partial charge is 0.159 e. The zero-order valence-corrected chi connectivity index (χ0v) is 11.4. The fourth-order valence-electron chi connectivity index (χ4n) is 2.34. The quantitative estimate of drug-likeness (QED) is 0.779. The number of fused-ring (bicyclic) bond motifs is 1. The minimum absolute atomic E-state index is 0.163. The maximum absolute atomic E-state index is 13.2. The van der Waals surface area contributed by atoms with E-state index in [2.05, 4.69) is 0 Å². The number of furan rings is 1. The molecule has 0 aliphatic rings. The van der Waals surface area contributed by atoms with Gasteiger partial charge in [-0.05, 0) is 42.8 Å². The van der Waals surface area contributed by atoms with Crippen LogP contribution in [0.4, 0.5) is 8.78 Å². The maximum Gasteiger partial charge on any atom is 0.159 e. The molecule has 1 atom stereocenters. The van der Waals surface area contributed by atoms with Crippen molar-refractivity contribution in [1.82, 2.24) is 0 Å². The van der Waals surface area contributed by atoms with Crippen LogP contribution >= 0.6 is 0 Å². The summed E-state index contributed by atoms with van der Waals surface area (Å²) >= 11 is 0. The number of halogens is 2. The van der Waals surface area contributed by atoms with E-state index in [0.29, 0.717) is 16.9 Å². The van der Waals surface area contributed by atoms with E-state index in [1.807, 2.05) is 25.1 Å². The second-order valence-corrected chi connectivity index (χ2v) is 5.16. The minimum atomic E-state index is -0.917. The first-order valence-electron chi connectivity index (χ1n) is 6.65. The molecule has 2 nitrogen and oxygen atoms in total. The van der Waals surface area contributed by atoms with E-state index in [-0.39, 0.29) is 6.42 Å². The molecule has 0 saturated carbocycles. The number of hydrogen-bond donors (Lipinski definition) is 1. The molecule has 1 aromatic heterocycles. The second kappa shape index (κ2) is 5.30. The van der Waals surface area contributed by atoms with Gasteiger partial charge in [0.2, 0.25) is 0 Å². The van der Waals surface area contributed by atoms with Crippen molar-refractivity contribution >= 4 is 11.0 Å². The van der Waals surface area contributed by atoms with Gasteiger partial charge in [0.15, 0.2) is 11.6 Å². The van der Waals surface area contributed by atoms with E-state index in [4.69, 9.17) is 4.42 Å². The molecule has 3 rings (SSSR count). The van der Waals surface area contributed by atoms with Gasteiger partial charge in [-0.25, -0.2) is 8.78 Å². The molecular weight excluding hydrogens is 274 g/mol. The van der Waals surface area contributed by atoms with Gasteiger partial charge in [-0.1, -0.05) is 17.7 Å². The molecular formula is C17H14F2O2. The van der Waals surface area contributed by atoms with Gasteiger partial charge in [-0.3, -0.25) is 0 Å². The molecule has 0 spiro atoms. The van der Waals surface area contributed by atoms with E-state index in [0.717, 1.165) is 23.1 Å². The highest BCUT2D eigenvalue weighted by Crippen LogP contribution is 2.27. The fourth-order valence-corrected chi connectivity index (χ4v) is 2.34. The lowest BCUT2D eigenvalue weighted by atomic mass is 10.1. The van der Waals surface area contributed by atoms with Crippen molar-refractivity contribution in [3.8, 4) is 0 Å². The zero-order chi connectivity index (χ0) is 15.0. The predicted octanol–water partition coefficient (Wildman–Crippen LogP) is 4.30. The third-order valence-corrected chi connectivity index (χ3v) is 3.43. The van der Waals surface area contributed by atoms with Crippen LogP contribution in [0, 0.1) is 18.6 Å². The Morgan fingerprint density at radius 2 is 1.86 bits per heavy atom. The second-order valence-electron chi connectivity index (χ2n) is 5.16. The number of hydrogen-bond acceptors (Lipinski definition) is 2. The van der Waals surface area contributed by atoms with Crippen molar-refractivity contribution in [2.75, 3.05) is 0 Å². The van der Waals surface area contributed by atoms with Gasteiger partial charge in [0, 0.05) is 11.8 Å². The monoisotopic (exact) mass is 288 g/mol. The van der Waals surface area contributed by atoms with Crippen LogP contribution in [0.5, 0.6) is 0 Å². The summed E-state index contributed by atoms with van der Waals surface area (Å²) in [6, 6.07) is 11.1. The van der Waals surface area contributed by atoms with Crippen molar-refractivity contribution in [2.24, 2.45) is 0 Å². The van der Waals surface area contributed by atoms with Crippen LogP contribution < -0.4 is 0 Å². The fraction of sp³-hybridized carbons (Fsp3) is 0.176. The summed E-state index contributed by atoms with van der Waals surface area (Å²) in [6.07, 6.45) is -0.738. The Morgan fingerprint density at radius 3 is 2.62 bits per heavy atom. The Kier molecular flexibility index (Phi) is 3.47. The highest BCUT2D eigenvalue weighted by atomic mass is 19.2. The molecule has 0 aliphatic carbocycles. The molecule has 108 valence electrons. The van der Waals surface area contributed by atoms with Crippen LogP contribution in [0.2, 0.25) is 0 Å². The van der Waals surface area contributed by atoms with Crippen LogP contribution in [0.15, 0.2) is 46.9 Å². The summed E-state index contributed by atoms with van der Waals surface area (Å²) in [5.74, 6) is -1.40. The third kappa shape index (κ3) is 2.81. The summed E-state index contributed by atoms with van der Waals surface area (Å²) in [5, 5.41) is 11.1. The van der Waals surface area contributed by atoms with Crippen LogP contribution in [0.1, 0.15) is 23.0 Å². The van der Waals surface area contributed by atoms with E-state index >= 15 is 0 Å². The van der Waals surface area contributed by atoms with Gasteiger partial charge < -0.3 is 9.52 Å². The van der Waals surface area contributed by atoms with Crippen LogP contribution in [0.3, 0.4) is 0 Å². The van der Waals surface area contributed by atoms with Crippen molar-refractivity contribution < 1.29 is 18.3 Å². The molecule has 0 radical (unpaired) electrons. The van der Waals surface area contributed by atoms with Crippen molar-refractivity contribution in [3.05, 3.63) is 71.0 Å². The SMILES string of the molecule is Cc1ccc2oc(C(O)Cc3ccc(F)c(F)c3)cc2c1. The average Bonchev–Trinajstić information content (AvgIpc) is 2.86. The molecule has 1 heterocycles. The molecule has 1 N–H and O–H groups in total. The summed E-state index contributed by atoms with van der Waals surface area (Å²) in [7, 11) is 0. The van der Waals surface area contributed by atoms with Crippen LogP contribution in [0.25, 0.3) is 11.0 Å². The summed E-state index contributed by atoms with van der Waals surface area (Å²) < 4.78 is 31.6. The van der Waals surface area contributed by atoms with Crippen molar-refractivity contribution in [3.63, 3.8) is 0 Å². The Morgan fingerprint density at radius 1 is 1.05 bits per heavy atom. The molecule has 1 unspecified atom stereocenters. The lowest BCUT2D eigenvalue weighted by Gasteiger charge is -2.07. The van der Waals surface area contributed by atoms with E-state index < -0.39 is 17.7 Å². The van der Waals surface area contributed by atoms with E-state index in [9.17, 15) is 13.9 Å². The van der Waals surface area contributed by atoms with Crippen molar-refractivity contribution in [1.29, 1.82) is 0 Å². The number of rotatable bonds is 3. The van der Waals surface area contributed by atoms with Gasteiger partial charge in [0.1, 0.15) is 17.4 Å². The Bertz CT molecular complexity index is 793. The molecule has 3 aromatic rings. The molecule has 0 fully saturated rings. The standard InChI is InChI=1S/C17H14F2O2/c1-10-2-5-16-12(6-10)9-17(21-16)15(20)8-11-3-4-13(18)14(19)7-11/h2-7,9,15,20H,8H2,1H3. The molecule has 0 saturated heterocycles. The zero-order valence-electron chi connectivity index (χ0n) is 11.4. The molecule has 2 aromatic carbocycles. The average molecular weight is 288 g/mol. The number of aliphatic hydroxyl groups excluding tert-OH is 1. The highest BCUT2D eigenvalue weighted by Gasteiger charge is 2.15. The minimum Gasteiger partial charge on any atom is -0.458 e.